The minimum Gasteiger partial charge on any atom is -0.497 e. The van der Waals surface area contributed by atoms with Crippen molar-refractivity contribution in [2.45, 2.75) is 15.8 Å². The largest absolute Gasteiger partial charge is 0.497 e. The number of nitrogens with one attached hydrogen (secondary N) is 1. The summed E-state index contributed by atoms with van der Waals surface area (Å²) in [5.74, 6) is -2.26. The van der Waals surface area contributed by atoms with Crippen molar-refractivity contribution in [3.8, 4) is 11.4 Å². The Morgan fingerprint density at radius 1 is 1.09 bits per heavy atom. The van der Waals surface area contributed by atoms with Gasteiger partial charge in [-0.2, -0.15) is 8.78 Å². The van der Waals surface area contributed by atoms with Crippen LogP contribution in [0.4, 0.5) is 14.5 Å². The molecule has 0 aliphatic heterocycles. The second-order valence-electron chi connectivity index (χ2n) is 6.99. The lowest BCUT2D eigenvalue weighted by Crippen LogP contribution is -2.23. The van der Waals surface area contributed by atoms with Gasteiger partial charge in [0.25, 0.3) is 11.3 Å². The fourth-order valence-electron chi connectivity index (χ4n) is 3.23. The Kier molecular flexibility index (Phi) is 7.49. The van der Waals surface area contributed by atoms with Crippen LogP contribution in [0.2, 0.25) is 0 Å². The lowest BCUT2D eigenvalue weighted by molar-refractivity contribution is -0.113. The van der Waals surface area contributed by atoms with Crippen molar-refractivity contribution >= 4 is 46.0 Å². The van der Waals surface area contributed by atoms with Crippen LogP contribution in [0.25, 0.3) is 16.6 Å². The van der Waals surface area contributed by atoms with Crippen molar-refractivity contribution in [1.82, 2.24) is 9.55 Å². The lowest BCUT2D eigenvalue weighted by atomic mass is 10.2. The Hall–Kier alpha value is -3.37. The number of benzene rings is 3. The molecule has 1 N–H and O–H groups in total. The predicted octanol–water partition coefficient (Wildman–Crippen LogP) is 5.44. The van der Waals surface area contributed by atoms with E-state index in [2.05, 4.69) is 10.3 Å². The van der Waals surface area contributed by atoms with Gasteiger partial charge in [-0.3, -0.25) is 14.2 Å². The third-order valence-electron chi connectivity index (χ3n) is 4.75. The highest BCUT2D eigenvalue weighted by atomic mass is 32.2. The van der Waals surface area contributed by atoms with Crippen LogP contribution in [-0.4, -0.2) is 34.1 Å². The third-order valence-corrected chi connectivity index (χ3v) is 6.41. The maximum atomic E-state index is 13.3. The number of thioether (sulfide) groups is 2. The molecular formula is C24H19F2N3O3S2. The van der Waals surface area contributed by atoms with Gasteiger partial charge in [0, 0.05) is 16.6 Å². The van der Waals surface area contributed by atoms with E-state index in [1.807, 2.05) is 0 Å². The highest BCUT2D eigenvalue weighted by Crippen LogP contribution is 2.27. The number of methoxy groups -OCH3 is 1. The summed E-state index contributed by atoms with van der Waals surface area (Å²) in [6, 6.07) is 20.2. The van der Waals surface area contributed by atoms with Crippen LogP contribution in [0.5, 0.6) is 5.75 Å². The summed E-state index contributed by atoms with van der Waals surface area (Å²) in [6.45, 7) is 0. The molecule has 1 amide bonds. The number of halogens is 2. The smallest absolute Gasteiger partial charge is 0.288 e. The summed E-state index contributed by atoms with van der Waals surface area (Å²) in [5.41, 5.74) is 1.33. The molecule has 0 radical (unpaired) electrons. The zero-order valence-electron chi connectivity index (χ0n) is 17.9. The van der Waals surface area contributed by atoms with Gasteiger partial charge in [0.15, 0.2) is 5.16 Å². The Labute approximate surface area is 202 Å². The first kappa shape index (κ1) is 23.8. The van der Waals surface area contributed by atoms with Crippen LogP contribution in [0.15, 0.2) is 87.6 Å². The Balaban J connectivity index is 1.58. The number of nitrogens with zero attached hydrogens (tertiary/aromatic N) is 2. The number of ether oxygens (including phenoxy) is 1. The molecule has 4 rings (SSSR count). The molecule has 0 atom stereocenters. The van der Waals surface area contributed by atoms with Crippen molar-refractivity contribution in [3.63, 3.8) is 0 Å². The average molecular weight is 500 g/mol. The van der Waals surface area contributed by atoms with Gasteiger partial charge in [-0.1, -0.05) is 41.7 Å². The molecule has 0 unspecified atom stereocenters. The maximum absolute atomic E-state index is 13.3. The van der Waals surface area contributed by atoms with Gasteiger partial charge in [0.1, 0.15) is 5.75 Å². The van der Waals surface area contributed by atoms with E-state index in [1.54, 1.807) is 67.8 Å². The van der Waals surface area contributed by atoms with E-state index in [0.29, 0.717) is 49.8 Å². The Morgan fingerprint density at radius 2 is 1.85 bits per heavy atom. The van der Waals surface area contributed by atoms with Gasteiger partial charge in [0.05, 0.1) is 29.5 Å². The summed E-state index contributed by atoms with van der Waals surface area (Å²) in [7, 11) is 1.54. The number of fused-ring (bicyclic) bond motifs is 1. The minimum atomic E-state index is -2.51. The normalized spacial score (nSPS) is 11.1. The average Bonchev–Trinajstić information content (AvgIpc) is 2.84. The number of rotatable bonds is 8. The van der Waals surface area contributed by atoms with Crippen LogP contribution >= 0.6 is 23.5 Å². The first-order chi connectivity index (χ1) is 16.4. The molecule has 10 heteroatoms. The van der Waals surface area contributed by atoms with Crippen LogP contribution < -0.4 is 15.6 Å². The van der Waals surface area contributed by atoms with Crippen molar-refractivity contribution in [2.24, 2.45) is 0 Å². The number of carbonyl (C=O) groups excluding carboxylic acids is 1. The summed E-state index contributed by atoms with van der Waals surface area (Å²) in [4.78, 5) is 30.9. The number of hydrogen-bond donors (Lipinski definition) is 1. The molecule has 4 aromatic rings. The molecular weight excluding hydrogens is 480 g/mol. The van der Waals surface area contributed by atoms with E-state index in [0.717, 1.165) is 11.8 Å². The molecule has 1 aromatic heterocycles. The number of anilines is 1. The molecule has 0 bridgehead atoms. The molecule has 0 saturated carbocycles. The van der Waals surface area contributed by atoms with Crippen LogP contribution in [0, 0.1) is 0 Å². The molecule has 1 heterocycles. The molecule has 3 aromatic carbocycles. The second kappa shape index (κ2) is 10.7. The lowest BCUT2D eigenvalue weighted by Gasteiger charge is -2.14. The molecule has 0 fully saturated rings. The van der Waals surface area contributed by atoms with E-state index in [4.69, 9.17) is 4.74 Å². The number of aromatic nitrogens is 2. The highest BCUT2D eigenvalue weighted by molar-refractivity contribution is 8.00. The van der Waals surface area contributed by atoms with Gasteiger partial charge >= 0.3 is 0 Å². The molecule has 0 spiro atoms. The number of amides is 1. The first-order valence-corrected chi connectivity index (χ1v) is 11.9. The number of hydrogen-bond acceptors (Lipinski definition) is 6. The molecule has 0 aliphatic carbocycles. The monoisotopic (exact) mass is 499 g/mol. The maximum Gasteiger partial charge on any atom is 0.288 e. The summed E-state index contributed by atoms with van der Waals surface area (Å²) in [5, 5.41) is 3.55. The number of para-hydroxylation sites is 1. The van der Waals surface area contributed by atoms with Crippen LogP contribution in [0.1, 0.15) is 0 Å². The summed E-state index contributed by atoms with van der Waals surface area (Å²) in [6.07, 6.45) is 0. The SMILES string of the molecule is COc1cccc(-n2c(SCC(=O)Nc3ccc(SC(F)F)cc3)nc3ccccc3c2=O)c1. The van der Waals surface area contributed by atoms with Gasteiger partial charge < -0.3 is 10.1 Å². The number of carbonyl (C=O) groups is 1. The highest BCUT2D eigenvalue weighted by Gasteiger charge is 2.15. The zero-order valence-corrected chi connectivity index (χ0v) is 19.5. The molecule has 34 heavy (non-hydrogen) atoms. The van der Waals surface area contributed by atoms with Crippen LogP contribution in [-0.2, 0) is 4.79 Å². The third kappa shape index (κ3) is 5.57. The van der Waals surface area contributed by atoms with E-state index in [9.17, 15) is 18.4 Å². The Morgan fingerprint density at radius 3 is 2.59 bits per heavy atom. The fourth-order valence-corrected chi connectivity index (χ4v) is 4.54. The molecule has 0 aliphatic rings. The van der Waals surface area contributed by atoms with E-state index < -0.39 is 5.76 Å². The van der Waals surface area contributed by atoms with Gasteiger partial charge in [-0.25, -0.2) is 4.98 Å². The van der Waals surface area contributed by atoms with E-state index in [1.165, 1.54) is 16.7 Å². The summed E-state index contributed by atoms with van der Waals surface area (Å²) >= 11 is 1.56. The quantitative estimate of drug-likeness (QED) is 0.257. The van der Waals surface area contributed by atoms with Crippen molar-refractivity contribution in [2.75, 3.05) is 18.2 Å². The fraction of sp³-hybridized carbons (Fsp3) is 0.125. The van der Waals surface area contributed by atoms with Gasteiger partial charge in [0.2, 0.25) is 5.91 Å². The molecule has 6 nitrogen and oxygen atoms in total. The number of alkyl halides is 2. The van der Waals surface area contributed by atoms with Gasteiger partial charge in [-0.05, 0) is 48.5 Å². The second-order valence-corrected chi connectivity index (χ2v) is 9.00. The summed E-state index contributed by atoms with van der Waals surface area (Å²) < 4.78 is 31.7. The molecule has 0 saturated heterocycles. The van der Waals surface area contributed by atoms with Crippen LogP contribution in [0.3, 0.4) is 0 Å². The Bertz CT molecular complexity index is 1380. The predicted molar refractivity (Wildman–Crippen MR) is 132 cm³/mol. The standard InChI is InChI=1S/C24H19F2N3O3S2/c1-32-17-6-4-5-16(13-17)29-22(31)19-7-2-3-8-20(19)28-24(29)33-14-21(30)27-15-9-11-18(12-10-15)34-23(25)26/h2-13,23H,14H2,1H3,(H,27,30). The minimum absolute atomic E-state index is 0.0116. The first-order valence-electron chi connectivity index (χ1n) is 10.1. The van der Waals surface area contributed by atoms with E-state index in [-0.39, 0.29) is 17.2 Å². The van der Waals surface area contributed by atoms with Crippen molar-refractivity contribution in [1.29, 1.82) is 0 Å². The topological polar surface area (TPSA) is 73.2 Å². The van der Waals surface area contributed by atoms with Crippen molar-refractivity contribution < 1.29 is 18.3 Å². The molecule has 174 valence electrons. The van der Waals surface area contributed by atoms with Gasteiger partial charge in [-0.15, -0.1) is 0 Å². The van der Waals surface area contributed by atoms with Crippen molar-refractivity contribution in [3.05, 3.63) is 83.2 Å². The van der Waals surface area contributed by atoms with E-state index >= 15 is 0 Å². The zero-order chi connectivity index (χ0) is 24.1.